The Bertz CT molecular complexity index is 827. The number of piperazine rings is 1. The molecule has 2 aromatic carbocycles. The number of hydrogen-bond donors (Lipinski definition) is 1. The fourth-order valence-corrected chi connectivity index (χ4v) is 3.60. The first kappa shape index (κ1) is 25.8. The molecule has 0 saturated carbocycles. The average Bonchev–Trinajstić information content (AvgIpc) is 2.83. The van der Waals surface area contributed by atoms with Crippen molar-refractivity contribution in [1.82, 2.24) is 15.1 Å². The zero-order chi connectivity index (χ0) is 21.9. The van der Waals surface area contributed by atoms with Gasteiger partial charge in [0.2, 0.25) is 5.91 Å². The van der Waals surface area contributed by atoms with Gasteiger partial charge in [0.25, 0.3) is 0 Å². The largest absolute Gasteiger partial charge is 0.492 e. The van der Waals surface area contributed by atoms with Crippen LogP contribution in [-0.4, -0.2) is 81.6 Å². The summed E-state index contributed by atoms with van der Waals surface area (Å²) in [6.45, 7) is 5.09. The number of benzene rings is 2. The Balaban J connectivity index is 0.00000363. The zero-order valence-electron chi connectivity index (χ0n) is 18.9. The molecule has 32 heavy (non-hydrogen) atoms. The van der Waals surface area contributed by atoms with Crippen molar-refractivity contribution < 1.29 is 9.53 Å². The molecule has 2 aromatic rings. The van der Waals surface area contributed by atoms with Crippen LogP contribution in [0, 0.1) is 0 Å². The van der Waals surface area contributed by atoms with Crippen molar-refractivity contribution in [3.8, 4) is 5.75 Å². The minimum absolute atomic E-state index is 0. The summed E-state index contributed by atoms with van der Waals surface area (Å²) in [4.78, 5) is 23.2. The van der Waals surface area contributed by atoms with E-state index in [0.29, 0.717) is 26.1 Å². The van der Waals surface area contributed by atoms with E-state index in [0.717, 1.165) is 37.9 Å². The topological polar surface area (TPSA) is 60.4 Å². The van der Waals surface area contributed by atoms with Crippen LogP contribution in [0.1, 0.15) is 6.42 Å². The third kappa shape index (κ3) is 7.89. The molecule has 1 aliphatic heterocycles. The lowest BCUT2D eigenvalue weighted by Crippen LogP contribution is -2.49. The van der Waals surface area contributed by atoms with Crippen LogP contribution in [-0.2, 0) is 4.79 Å². The number of nitrogens with one attached hydrogen (secondary N) is 1. The van der Waals surface area contributed by atoms with Gasteiger partial charge in [0.1, 0.15) is 12.4 Å². The predicted molar refractivity (Wildman–Crippen MR) is 141 cm³/mol. The summed E-state index contributed by atoms with van der Waals surface area (Å²) in [6, 6.07) is 20.1. The van der Waals surface area contributed by atoms with Crippen molar-refractivity contribution >= 4 is 41.5 Å². The van der Waals surface area contributed by atoms with E-state index in [1.807, 2.05) is 53.2 Å². The maximum Gasteiger partial charge on any atom is 0.224 e. The highest BCUT2D eigenvalue weighted by Gasteiger charge is 2.21. The molecule has 0 unspecified atom stereocenters. The summed E-state index contributed by atoms with van der Waals surface area (Å²) in [5.74, 6) is 1.81. The zero-order valence-corrected chi connectivity index (χ0v) is 21.3. The molecule has 0 spiro atoms. The van der Waals surface area contributed by atoms with Gasteiger partial charge in [-0.2, -0.15) is 0 Å². The smallest absolute Gasteiger partial charge is 0.224 e. The molecule has 1 amide bonds. The summed E-state index contributed by atoms with van der Waals surface area (Å²) >= 11 is 0. The minimum Gasteiger partial charge on any atom is -0.492 e. The van der Waals surface area contributed by atoms with Crippen LogP contribution in [0.3, 0.4) is 0 Å². The first-order valence-corrected chi connectivity index (χ1v) is 10.8. The lowest BCUT2D eigenvalue weighted by atomic mass is 10.2. The van der Waals surface area contributed by atoms with Crippen LogP contribution in [0.25, 0.3) is 0 Å². The fourth-order valence-electron chi connectivity index (χ4n) is 3.60. The van der Waals surface area contributed by atoms with Crippen LogP contribution < -0.4 is 15.0 Å². The molecule has 1 N–H and O–H groups in total. The SMILES string of the molecule is CN=C(NCCC(=O)N1CCN(c2ccccc2)CC1)N(C)CCOc1ccccc1.I. The number of hydrogen-bond acceptors (Lipinski definition) is 4. The summed E-state index contributed by atoms with van der Waals surface area (Å²) in [5, 5.41) is 3.28. The molecule has 8 heteroatoms. The van der Waals surface area contributed by atoms with Crippen molar-refractivity contribution in [1.29, 1.82) is 0 Å². The predicted octanol–water partition coefficient (Wildman–Crippen LogP) is 2.93. The fraction of sp³-hybridized carbons (Fsp3) is 0.417. The Labute approximate surface area is 208 Å². The molecule has 0 bridgehead atoms. The summed E-state index contributed by atoms with van der Waals surface area (Å²) < 4.78 is 5.74. The summed E-state index contributed by atoms with van der Waals surface area (Å²) in [5.41, 5.74) is 1.22. The highest BCUT2D eigenvalue weighted by atomic mass is 127. The van der Waals surface area contributed by atoms with Gasteiger partial charge >= 0.3 is 0 Å². The average molecular weight is 551 g/mol. The Hall–Kier alpha value is -2.49. The van der Waals surface area contributed by atoms with Gasteiger partial charge in [-0.25, -0.2) is 0 Å². The van der Waals surface area contributed by atoms with Crippen molar-refractivity contribution in [3.63, 3.8) is 0 Å². The number of carbonyl (C=O) groups excluding carboxylic acids is 1. The first-order chi connectivity index (χ1) is 15.2. The quantitative estimate of drug-likeness (QED) is 0.311. The standard InChI is InChI=1S/C24H33N5O2.HI/c1-25-24(27(2)19-20-31-22-11-7-4-8-12-22)26-14-13-23(30)29-17-15-28(16-18-29)21-9-5-3-6-10-21;/h3-12H,13-20H2,1-2H3,(H,25,26);1H. The molecule has 1 fully saturated rings. The molecular weight excluding hydrogens is 517 g/mol. The number of amides is 1. The van der Waals surface area contributed by atoms with Gasteiger partial charge in [0.05, 0.1) is 6.54 Å². The van der Waals surface area contributed by atoms with Crippen molar-refractivity contribution in [2.45, 2.75) is 6.42 Å². The second-order valence-corrected chi connectivity index (χ2v) is 7.51. The minimum atomic E-state index is 0. The molecule has 1 aliphatic rings. The number of para-hydroxylation sites is 2. The second kappa shape index (κ2) is 13.8. The van der Waals surface area contributed by atoms with Crippen molar-refractivity contribution in [3.05, 3.63) is 60.7 Å². The van der Waals surface area contributed by atoms with Crippen LogP contribution >= 0.6 is 24.0 Å². The van der Waals surface area contributed by atoms with Crippen molar-refractivity contribution in [2.75, 3.05) is 64.9 Å². The molecule has 1 saturated heterocycles. The van der Waals surface area contributed by atoms with Crippen molar-refractivity contribution in [2.24, 2.45) is 4.99 Å². The molecule has 0 aromatic heterocycles. The van der Waals surface area contributed by atoms with Gasteiger partial charge < -0.3 is 24.8 Å². The van der Waals surface area contributed by atoms with Crippen LogP contribution in [0.2, 0.25) is 0 Å². The molecule has 7 nitrogen and oxygen atoms in total. The molecular formula is C24H34IN5O2. The Kier molecular flexibility index (Phi) is 11.1. The monoisotopic (exact) mass is 551 g/mol. The maximum absolute atomic E-state index is 12.6. The highest BCUT2D eigenvalue weighted by molar-refractivity contribution is 14.0. The molecule has 3 rings (SSSR count). The number of guanidine groups is 1. The third-order valence-corrected chi connectivity index (χ3v) is 5.39. The Morgan fingerprint density at radius 3 is 2.28 bits per heavy atom. The van der Waals surface area contributed by atoms with E-state index in [1.54, 1.807) is 7.05 Å². The van der Waals surface area contributed by atoms with Crippen LogP contribution in [0.15, 0.2) is 65.7 Å². The van der Waals surface area contributed by atoms with Gasteiger partial charge in [0.15, 0.2) is 5.96 Å². The molecule has 174 valence electrons. The lowest BCUT2D eigenvalue weighted by molar-refractivity contribution is -0.131. The molecule has 0 atom stereocenters. The van der Waals surface area contributed by atoms with Gasteiger partial charge in [-0.15, -0.1) is 24.0 Å². The molecule has 0 aliphatic carbocycles. The number of carbonyl (C=O) groups is 1. The normalized spacial score (nSPS) is 13.9. The Morgan fingerprint density at radius 2 is 1.66 bits per heavy atom. The Morgan fingerprint density at radius 1 is 1.03 bits per heavy atom. The number of ether oxygens (including phenoxy) is 1. The summed E-state index contributed by atoms with van der Waals surface area (Å²) in [6.07, 6.45) is 0.457. The summed E-state index contributed by atoms with van der Waals surface area (Å²) in [7, 11) is 3.72. The van der Waals surface area contributed by atoms with E-state index in [4.69, 9.17) is 4.74 Å². The highest BCUT2D eigenvalue weighted by Crippen LogP contribution is 2.15. The lowest BCUT2D eigenvalue weighted by Gasteiger charge is -2.36. The van der Waals surface area contributed by atoms with Gasteiger partial charge in [-0.05, 0) is 24.3 Å². The van der Waals surface area contributed by atoms with Crippen LogP contribution in [0.4, 0.5) is 5.69 Å². The van der Waals surface area contributed by atoms with Gasteiger partial charge in [-0.3, -0.25) is 9.79 Å². The number of nitrogens with zero attached hydrogens (tertiary/aromatic N) is 4. The first-order valence-electron chi connectivity index (χ1n) is 10.8. The second-order valence-electron chi connectivity index (χ2n) is 7.51. The third-order valence-electron chi connectivity index (χ3n) is 5.39. The molecule has 1 heterocycles. The van der Waals surface area contributed by atoms with E-state index in [2.05, 4.69) is 39.5 Å². The van der Waals surface area contributed by atoms with E-state index in [-0.39, 0.29) is 29.9 Å². The van der Waals surface area contributed by atoms with Crippen LogP contribution in [0.5, 0.6) is 5.75 Å². The number of aliphatic imine (C=N–C) groups is 1. The van der Waals surface area contributed by atoms with E-state index >= 15 is 0 Å². The number of likely N-dealkylation sites (N-methyl/N-ethyl adjacent to an activating group) is 1. The van der Waals surface area contributed by atoms with Gasteiger partial charge in [0, 0.05) is 58.9 Å². The van der Waals surface area contributed by atoms with E-state index in [1.165, 1.54) is 5.69 Å². The van der Waals surface area contributed by atoms with E-state index < -0.39 is 0 Å². The van der Waals surface area contributed by atoms with Gasteiger partial charge in [-0.1, -0.05) is 36.4 Å². The maximum atomic E-state index is 12.6. The van der Waals surface area contributed by atoms with E-state index in [9.17, 15) is 4.79 Å². The number of halogens is 1. The number of anilines is 1. The molecule has 0 radical (unpaired) electrons. The number of rotatable bonds is 8.